The molecule has 1 aliphatic rings. The van der Waals surface area contributed by atoms with Crippen LogP contribution in [-0.2, 0) is 19.5 Å². The second-order valence-electron chi connectivity index (χ2n) is 7.31. The van der Waals surface area contributed by atoms with Crippen LogP contribution in [0.4, 0.5) is 0 Å². The predicted molar refractivity (Wildman–Crippen MR) is 102 cm³/mol. The lowest BCUT2D eigenvalue weighted by Gasteiger charge is -2.31. The molecule has 2 aromatic rings. The normalized spacial score (nSPS) is 16.6. The summed E-state index contributed by atoms with van der Waals surface area (Å²) in [6, 6.07) is 10.8. The second-order valence-corrected chi connectivity index (χ2v) is 7.31. The van der Waals surface area contributed by atoms with Crippen LogP contribution >= 0.6 is 0 Å². The van der Waals surface area contributed by atoms with E-state index in [9.17, 15) is 0 Å². The van der Waals surface area contributed by atoms with Crippen molar-refractivity contribution in [2.24, 2.45) is 0 Å². The second kappa shape index (κ2) is 8.59. The molecule has 136 valence electrons. The zero-order valence-corrected chi connectivity index (χ0v) is 15.9. The monoisotopic (exact) mass is 341 g/mol. The van der Waals surface area contributed by atoms with E-state index < -0.39 is 0 Å². The largest absolute Gasteiger partial charge is 0.314 e. The fourth-order valence-corrected chi connectivity index (χ4v) is 3.74. The van der Waals surface area contributed by atoms with Crippen LogP contribution in [0.15, 0.2) is 30.3 Å². The Morgan fingerprint density at radius 1 is 1.08 bits per heavy atom. The van der Waals surface area contributed by atoms with E-state index in [2.05, 4.69) is 75.9 Å². The third kappa shape index (κ3) is 4.67. The van der Waals surface area contributed by atoms with Crippen molar-refractivity contribution in [1.82, 2.24) is 24.6 Å². The molecule has 1 aromatic heterocycles. The Bertz CT molecular complexity index is 641. The van der Waals surface area contributed by atoms with Crippen LogP contribution in [0.5, 0.6) is 0 Å². The highest BCUT2D eigenvalue weighted by Gasteiger charge is 2.25. The van der Waals surface area contributed by atoms with E-state index >= 15 is 0 Å². The minimum Gasteiger partial charge on any atom is -0.314 e. The molecule has 1 aliphatic heterocycles. The maximum absolute atomic E-state index is 4.55. The SMILES string of the molecule is CCn1c(CN(C)C)nnc1C1CCN(CCc2ccccc2)CC1. The lowest BCUT2D eigenvalue weighted by molar-refractivity contribution is 0.209. The molecule has 5 heteroatoms. The van der Waals surface area contributed by atoms with Gasteiger partial charge in [0.1, 0.15) is 11.6 Å². The van der Waals surface area contributed by atoms with Gasteiger partial charge in [0.2, 0.25) is 0 Å². The van der Waals surface area contributed by atoms with Gasteiger partial charge in [-0.15, -0.1) is 10.2 Å². The molecule has 1 fully saturated rings. The highest BCUT2D eigenvalue weighted by Crippen LogP contribution is 2.27. The highest BCUT2D eigenvalue weighted by molar-refractivity contribution is 5.15. The predicted octanol–water partition coefficient (Wildman–Crippen LogP) is 2.78. The minimum atomic E-state index is 0.552. The van der Waals surface area contributed by atoms with Crippen LogP contribution in [-0.4, -0.2) is 58.3 Å². The van der Waals surface area contributed by atoms with Gasteiger partial charge in [-0.2, -0.15) is 0 Å². The summed E-state index contributed by atoms with van der Waals surface area (Å²) in [6.45, 7) is 7.49. The summed E-state index contributed by atoms with van der Waals surface area (Å²) in [5, 5.41) is 9.01. The quantitative estimate of drug-likeness (QED) is 0.776. The number of benzene rings is 1. The van der Waals surface area contributed by atoms with Gasteiger partial charge in [0, 0.05) is 19.0 Å². The maximum atomic E-state index is 4.55. The Morgan fingerprint density at radius 2 is 1.80 bits per heavy atom. The summed E-state index contributed by atoms with van der Waals surface area (Å²) in [5.41, 5.74) is 1.43. The molecule has 0 bridgehead atoms. The fraction of sp³-hybridized carbons (Fsp3) is 0.600. The molecule has 0 unspecified atom stereocenters. The number of hydrogen-bond donors (Lipinski definition) is 0. The molecule has 0 saturated carbocycles. The smallest absolute Gasteiger partial charge is 0.147 e. The molecule has 1 aromatic carbocycles. The van der Waals surface area contributed by atoms with Gasteiger partial charge in [-0.1, -0.05) is 30.3 Å². The average Bonchev–Trinajstić information content (AvgIpc) is 3.03. The van der Waals surface area contributed by atoms with E-state index in [4.69, 9.17) is 0 Å². The number of rotatable bonds is 7. The summed E-state index contributed by atoms with van der Waals surface area (Å²) in [5.74, 6) is 2.84. The number of piperidine rings is 1. The fourth-order valence-electron chi connectivity index (χ4n) is 3.74. The molecule has 0 radical (unpaired) electrons. The molecular formula is C20H31N5. The third-order valence-corrected chi connectivity index (χ3v) is 5.14. The first kappa shape index (κ1) is 18.1. The highest BCUT2D eigenvalue weighted by atomic mass is 15.3. The average molecular weight is 342 g/mol. The molecule has 2 heterocycles. The minimum absolute atomic E-state index is 0.552. The van der Waals surface area contributed by atoms with E-state index in [1.54, 1.807) is 0 Å². The van der Waals surface area contributed by atoms with Crippen molar-refractivity contribution in [3.8, 4) is 0 Å². The lowest BCUT2D eigenvalue weighted by Crippen LogP contribution is -2.35. The van der Waals surface area contributed by atoms with Crippen LogP contribution in [0.1, 0.15) is 42.9 Å². The Balaban J connectivity index is 1.54. The number of likely N-dealkylation sites (tertiary alicyclic amines) is 1. The zero-order chi connectivity index (χ0) is 17.6. The first-order valence-electron chi connectivity index (χ1n) is 9.50. The molecule has 0 aliphatic carbocycles. The summed E-state index contributed by atoms with van der Waals surface area (Å²) in [4.78, 5) is 4.75. The summed E-state index contributed by atoms with van der Waals surface area (Å²) < 4.78 is 2.32. The molecule has 0 atom stereocenters. The van der Waals surface area contributed by atoms with Gasteiger partial charge in [-0.05, 0) is 58.9 Å². The van der Waals surface area contributed by atoms with Gasteiger partial charge < -0.3 is 14.4 Å². The van der Waals surface area contributed by atoms with Crippen molar-refractivity contribution in [1.29, 1.82) is 0 Å². The Kier molecular flexibility index (Phi) is 6.21. The van der Waals surface area contributed by atoms with Crippen molar-refractivity contribution in [3.05, 3.63) is 47.5 Å². The van der Waals surface area contributed by atoms with Crippen molar-refractivity contribution in [2.75, 3.05) is 33.7 Å². The topological polar surface area (TPSA) is 37.2 Å². The van der Waals surface area contributed by atoms with Gasteiger partial charge in [0.05, 0.1) is 6.54 Å². The summed E-state index contributed by atoms with van der Waals surface area (Å²) in [6.07, 6.45) is 3.52. The van der Waals surface area contributed by atoms with Gasteiger partial charge in [-0.3, -0.25) is 0 Å². The van der Waals surface area contributed by atoms with Crippen molar-refractivity contribution >= 4 is 0 Å². The zero-order valence-electron chi connectivity index (χ0n) is 15.9. The molecule has 3 rings (SSSR count). The van der Waals surface area contributed by atoms with Crippen LogP contribution in [0.3, 0.4) is 0 Å². The summed E-state index contributed by atoms with van der Waals surface area (Å²) in [7, 11) is 4.17. The molecule has 5 nitrogen and oxygen atoms in total. The van der Waals surface area contributed by atoms with Crippen LogP contribution in [0, 0.1) is 0 Å². The van der Waals surface area contributed by atoms with Gasteiger partial charge in [0.15, 0.2) is 0 Å². The Labute approximate surface area is 151 Å². The van der Waals surface area contributed by atoms with Crippen LogP contribution in [0.25, 0.3) is 0 Å². The van der Waals surface area contributed by atoms with E-state index in [1.807, 2.05) is 0 Å². The number of aromatic nitrogens is 3. The van der Waals surface area contributed by atoms with E-state index in [0.29, 0.717) is 5.92 Å². The molecular weight excluding hydrogens is 310 g/mol. The van der Waals surface area contributed by atoms with Gasteiger partial charge in [0.25, 0.3) is 0 Å². The lowest BCUT2D eigenvalue weighted by atomic mass is 9.95. The third-order valence-electron chi connectivity index (χ3n) is 5.14. The first-order valence-corrected chi connectivity index (χ1v) is 9.50. The van der Waals surface area contributed by atoms with Crippen LogP contribution in [0.2, 0.25) is 0 Å². The standard InChI is InChI=1S/C20H31N5/c1-4-25-19(16-23(2)3)21-22-20(25)18-11-14-24(15-12-18)13-10-17-8-6-5-7-9-17/h5-9,18H,4,10-16H2,1-3H3. The van der Waals surface area contributed by atoms with Crippen molar-refractivity contribution in [3.63, 3.8) is 0 Å². The van der Waals surface area contributed by atoms with Crippen molar-refractivity contribution < 1.29 is 0 Å². The Morgan fingerprint density at radius 3 is 2.44 bits per heavy atom. The van der Waals surface area contributed by atoms with Crippen LogP contribution < -0.4 is 0 Å². The maximum Gasteiger partial charge on any atom is 0.147 e. The number of hydrogen-bond acceptors (Lipinski definition) is 4. The molecule has 1 saturated heterocycles. The summed E-state index contributed by atoms with van der Waals surface area (Å²) >= 11 is 0. The van der Waals surface area contributed by atoms with E-state index in [-0.39, 0.29) is 0 Å². The molecule has 0 N–H and O–H groups in total. The number of nitrogens with zero attached hydrogens (tertiary/aromatic N) is 5. The molecule has 25 heavy (non-hydrogen) atoms. The van der Waals surface area contributed by atoms with Gasteiger partial charge in [-0.25, -0.2) is 0 Å². The molecule has 0 spiro atoms. The first-order chi connectivity index (χ1) is 12.2. The van der Waals surface area contributed by atoms with Gasteiger partial charge >= 0.3 is 0 Å². The van der Waals surface area contributed by atoms with E-state index in [0.717, 1.165) is 45.0 Å². The van der Waals surface area contributed by atoms with Crippen molar-refractivity contribution in [2.45, 2.75) is 45.2 Å². The Hall–Kier alpha value is -1.72. The van der Waals surface area contributed by atoms with E-state index in [1.165, 1.54) is 24.2 Å². The molecule has 0 amide bonds.